The number of rotatable bonds is 15. The molecule has 2 unspecified atom stereocenters. The first-order valence-corrected chi connectivity index (χ1v) is 10.5. The Morgan fingerprint density at radius 1 is 1.00 bits per heavy atom. The van der Waals surface area contributed by atoms with Gasteiger partial charge >= 0.3 is 5.97 Å². The lowest BCUT2D eigenvalue weighted by atomic mass is 9.94. The van der Waals surface area contributed by atoms with Crippen LogP contribution < -0.4 is 0 Å². The summed E-state index contributed by atoms with van der Waals surface area (Å²) >= 11 is 0. The van der Waals surface area contributed by atoms with Gasteiger partial charge in [0.1, 0.15) is 6.10 Å². The molecule has 0 aromatic rings. The van der Waals surface area contributed by atoms with Gasteiger partial charge in [0, 0.05) is 6.92 Å². The zero-order valence-corrected chi connectivity index (χ0v) is 16.4. The third kappa shape index (κ3) is 10.5. The third-order valence-corrected chi connectivity index (χ3v) is 5.15. The maximum absolute atomic E-state index is 11.8. The first kappa shape index (κ1) is 21.9. The Morgan fingerprint density at radius 2 is 1.52 bits per heavy atom. The number of hydrogen-bond acceptors (Lipinski definition) is 3. The standard InChI is InChI=1S/C22H38O3/c1-3-4-5-6-7-8-9-10-11-12-13-14-18-22(25-19(2)23)20-16-15-17-21(20)24/h15,17,20,22H,3-14,16,18H2,1-2H3. The average molecular weight is 351 g/mol. The molecule has 0 fully saturated rings. The van der Waals surface area contributed by atoms with Gasteiger partial charge in [-0.25, -0.2) is 0 Å². The van der Waals surface area contributed by atoms with E-state index in [1.54, 1.807) is 6.08 Å². The topological polar surface area (TPSA) is 43.4 Å². The second-order valence-electron chi connectivity index (χ2n) is 7.47. The number of ether oxygens (including phenoxy) is 1. The minimum absolute atomic E-state index is 0.116. The molecule has 0 aromatic heterocycles. The van der Waals surface area contributed by atoms with Crippen molar-refractivity contribution in [2.75, 3.05) is 0 Å². The van der Waals surface area contributed by atoms with Crippen molar-refractivity contribution in [2.24, 2.45) is 5.92 Å². The van der Waals surface area contributed by atoms with E-state index >= 15 is 0 Å². The molecule has 0 saturated heterocycles. The van der Waals surface area contributed by atoms with Crippen molar-refractivity contribution in [1.82, 2.24) is 0 Å². The van der Waals surface area contributed by atoms with Gasteiger partial charge in [-0.1, -0.05) is 83.6 Å². The Kier molecular flexibility index (Phi) is 12.4. The molecular weight excluding hydrogens is 312 g/mol. The summed E-state index contributed by atoms with van der Waals surface area (Å²) in [6.07, 6.45) is 20.6. The Labute approximate surface area is 154 Å². The highest BCUT2D eigenvalue weighted by molar-refractivity contribution is 5.94. The number of carbonyl (C=O) groups excluding carboxylic acids is 2. The summed E-state index contributed by atoms with van der Waals surface area (Å²) in [5.41, 5.74) is 0. The number of ketones is 1. The van der Waals surface area contributed by atoms with Gasteiger partial charge in [0.25, 0.3) is 0 Å². The predicted molar refractivity (Wildman–Crippen MR) is 104 cm³/mol. The van der Waals surface area contributed by atoms with Crippen LogP contribution in [0.4, 0.5) is 0 Å². The molecule has 2 atom stereocenters. The van der Waals surface area contributed by atoms with E-state index in [1.807, 2.05) is 6.08 Å². The van der Waals surface area contributed by atoms with Crippen LogP contribution in [0.5, 0.6) is 0 Å². The highest BCUT2D eigenvalue weighted by Gasteiger charge is 2.30. The zero-order chi connectivity index (χ0) is 18.3. The number of unbranched alkanes of at least 4 members (excludes halogenated alkanes) is 11. The summed E-state index contributed by atoms with van der Waals surface area (Å²) in [5, 5.41) is 0. The molecule has 0 N–H and O–H groups in total. The molecule has 0 heterocycles. The molecule has 1 aliphatic carbocycles. The molecule has 3 nitrogen and oxygen atoms in total. The first-order chi connectivity index (χ1) is 12.1. The average Bonchev–Trinajstić information content (AvgIpc) is 3.00. The summed E-state index contributed by atoms with van der Waals surface area (Å²) in [6.45, 7) is 3.69. The third-order valence-electron chi connectivity index (χ3n) is 5.15. The largest absolute Gasteiger partial charge is 0.462 e. The predicted octanol–water partition coefficient (Wildman–Crippen LogP) is 6.15. The van der Waals surface area contributed by atoms with Gasteiger partial charge in [-0.2, -0.15) is 0 Å². The molecule has 144 valence electrons. The van der Waals surface area contributed by atoms with E-state index in [9.17, 15) is 9.59 Å². The lowest BCUT2D eigenvalue weighted by molar-refractivity contribution is -0.150. The fourth-order valence-electron chi connectivity index (χ4n) is 3.65. The van der Waals surface area contributed by atoms with Crippen molar-refractivity contribution in [3.05, 3.63) is 12.2 Å². The van der Waals surface area contributed by atoms with E-state index in [4.69, 9.17) is 4.74 Å². The van der Waals surface area contributed by atoms with Gasteiger partial charge in [0.2, 0.25) is 0 Å². The quantitative estimate of drug-likeness (QED) is 0.262. The number of allylic oxidation sites excluding steroid dienone is 2. The molecule has 0 spiro atoms. The summed E-state index contributed by atoms with van der Waals surface area (Å²) in [4.78, 5) is 23.1. The molecule has 1 aliphatic rings. The first-order valence-electron chi connectivity index (χ1n) is 10.5. The summed E-state index contributed by atoms with van der Waals surface area (Å²) < 4.78 is 5.40. The minimum Gasteiger partial charge on any atom is -0.462 e. The molecule has 0 aromatic carbocycles. The van der Waals surface area contributed by atoms with Crippen LogP contribution in [0.25, 0.3) is 0 Å². The second-order valence-corrected chi connectivity index (χ2v) is 7.47. The van der Waals surface area contributed by atoms with Crippen LogP contribution in [0.2, 0.25) is 0 Å². The molecule has 0 bridgehead atoms. The van der Waals surface area contributed by atoms with Crippen LogP contribution >= 0.6 is 0 Å². The normalized spacial score (nSPS) is 17.8. The van der Waals surface area contributed by atoms with Gasteiger partial charge in [-0.05, 0) is 25.3 Å². The molecule has 0 aliphatic heterocycles. The van der Waals surface area contributed by atoms with E-state index in [-0.39, 0.29) is 23.8 Å². The van der Waals surface area contributed by atoms with E-state index in [0.29, 0.717) is 0 Å². The van der Waals surface area contributed by atoms with Crippen LogP contribution in [0.15, 0.2) is 12.2 Å². The van der Waals surface area contributed by atoms with Crippen LogP contribution in [-0.4, -0.2) is 17.9 Å². The molecule has 0 amide bonds. The number of carbonyl (C=O) groups is 2. The van der Waals surface area contributed by atoms with Gasteiger partial charge < -0.3 is 4.74 Å². The van der Waals surface area contributed by atoms with Crippen molar-refractivity contribution in [1.29, 1.82) is 0 Å². The summed E-state index contributed by atoms with van der Waals surface area (Å²) in [7, 11) is 0. The van der Waals surface area contributed by atoms with E-state index in [0.717, 1.165) is 19.3 Å². The zero-order valence-electron chi connectivity index (χ0n) is 16.4. The molecular formula is C22H38O3. The van der Waals surface area contributed by atoms with E-state index in [1.165, 1.54) is 77.6 Å². The fraction of sp³-hybridized carbons (Fsp3) is 0.818. The lowest BCUT2D eigenvalue weighted by Gasteiger charge is -2.22. The van der Waals surface area contributed by atoms with Crippen LogP contribution in [0.3, 0.4) is 0 Å². The SMILES string of the molecule is CCCCCCCCCCCCCCC(OC(C)=O)C1CC=CC1=O. The molecule has 3 heteroatoms. The van der Waals surface area contributed by atoms with Gasteiger partial charge in [0.05, 0.1) is 5.92 Å². The molecule has 0 radical (unpaired) electrons. The fourth-order valence-corrected chi connectivity index (χ4v) is 3.65. The Morgan fingerprint density at radius 3 is 1.96 bits per heavy atom. The monoisotopic (exact) mass is 350 g/mol. The summed E-state index contributed by atoms with van der Waals surface area (Å²) in [5.74, 6) is -0.301. The Hall–Kier alpha value is -1.12. The van der Waals surface area contributed by atoms with E-state index in [2.05, 4.69) is 6.92 Å². The van der Waals surface area contributed by atoms with Gasteiger partial charge in [-0.3, -0.25) is 9.59 Å². The second kappa shape index (κ2) is 14.1. The van der Waals surface area contributed by atoms with Crippen LogP contribution in [0, 0.1) is 5.92 Å². The van der Waals surface area contributed by atoms with Crippen molar-refractivity contribution < 1.29 is 14.3 Å². The van der Waals surface area contributed by atoms with Crippen LogP contribution in [-0.2, 0) is 14.3 Å². The van der Waals surface area contributed by atoms with Gasteiger partial charge in [0.15, 0.2) is 5.78 Å². The van der Waals surface area contributed by atoms with Crippen LogP contribution in [0.1, 0.15) is 104 Å². The Bertz CT molecular complexity index is 400. The molecule has 25 heavy (non-hydrogen) atoms. The lowest BCUT2D eigenvalue weighted by Crippen LogP contribution is -2.29. The van der Waals surface area contributed by atoms with Crippen molar-refractivity contribution in [3.63, 3.8) is 0 Å². The number of esters is 1. The minimum atomic E-state index is -0.274. The Balaban J connectivity index is 2.01. The maximum Gasteiger partial charge on any atom is 0.302 e. The van der Waals surface area contributed by atoms with Crippen molar-refractivity contribution in [2.45, 2.75) is 110 Å². The van der Waals surface area contributed by atoms with E-state index < -0.39 is 0 Å². The number of hydrogen-bond donors (Lipinski definition) is 0. The highest BCUT2D eigenvalue weighted by Crippen LogP contribution is 2.25. The maximum atomic E-state index is 11.8. The van der Waals surface area contributed by atoms with Crippen molar-refractivity contribution >= 4 is 11.8 Å². The highest BCUT2D eigenvalue weighted by atomic mass is 16.5. The van der Waals surface area contributed by atoms with Crippen molar-refractivity contribution in [3.8, 4) is 0 Å². The molecule has 1 rings (SSSR count). The summed E-state index contributed by atoms with van der Waals surface area (Å²) in [6, 6.07) is 0. The smallest absolute Gasteiger partial charge is 0.302 e. The van der Waals surface area contributed by atoms with Gasteiger partial charge in [-0.15, -0.1) is 0 Å². The molecule has 0 saturated carbocycles.